The first kappa shape index (κ1) is 31.4. The number of hydrogen-bond donors (Lipinski definition) is 4. The Labute approximate surface area is 260 Å². The van der Waals surface area contributed by atoms with Crippen molar-refractivity contribution in [2.45, 2.75) is 142 Å². The molecule has 0 radical (unpaired) electrons. The van der Waals surface area contributed by atoms with Gasteiger partial charge in [0.25, 0.3) is 0 Å². The van der Waals surface area contributed by atoms with Crippen molar-refractivity contribution in [2.75, 3.05) is 6.61 Å². The van der Waals surface area contributed by atoms with Crippen LogP contribution in [-0.4, -0.2) is 87.1 Å². The van der Waals surface area contributed by atoms with E-state index in [1.54, 1.807) is 0 Å². The molecule has 4 saturated carbocycles. The van der Waals surface area contributed by atoms with Gasteiger partial charge in [-0.15, -0.1) is 0 Å². The summed E-state index contributed by atoms with van der Waals surface area (Å²) < 4.78 is 17.7. The van der Waals surface area contributed by atoms with Crippen molar-refractivity contribution in [3.63, 3.8) is 0 Å². The number of aliphatic hydroxyl groups excluding tert-OH is 4. The lowest BCUT2D eigenvalue weighted by molar-refractivity contribution is -0.237. The first-order chi connectivity index (χ1) is 20.4. The molecule has 0 bridgehead atoms. The van der Waals surface area contributed by atoms with E-state index in [0.29, 0.717) is 19.3 Å². The molecule has 4 N–H and O–H groups in total. The maximum Gasteiger partial charge on any atom is 0.186 e. The Morgan fingerprint density at radius 2 is 1.80 bits per heavy atom. The average Bonchev–Trinajstić information content (AvgIpc) is 3.75. The molecule has 14 atom stereocenters. The summed E-state index contributed by atoms with van der Waals surface area (Å²) in [6, 6.07) is 0. The quantitative estimate of drug-likeness (QED) is 0.250. The Balaban J connectivity index is 1.15. The molecule has 9 heteroatoms. The second-order valence-corrected chi connectivity index (χ2v) is 17.2. The summed E-state index contributed by atoms with van der Waals surface area (Å²) in [7, 11) is 0. The van der Waals surface area contributed by atoms with Crippen molar-refractivity contribution in [3.8, 4) is 0 Å². The number of aliphatic hydroxyl groups is 4. The number of allylic oxidation sites excluding steroid dienone is 1. The van der Waals surface area contributed by atoms with Crippen molar-refractivity contribution < 1.29 is 44.2 Å². The molecule has 7 rings (SSSR count). The van der Waals surface area contributed by atoms with Crippen LogP contribution in [0, 0.1) is 44.8 Å². The van der Waals surface area contributed by atoms with E-state index >= 15 is 0 Å². The van der Waals surface area contributed by atoms with Crippen molar-refractivity contribution in [3.05, 3.63) is 11.6 Å². The van der Waals surface area contributed by atoms with E-state index in [0.717, 1.165) is 25.7 Å². The number of fused-ring (bicyclic) bond motifs is 2. The monoisotopic (exact) mass is 616 g/mol. The van der Waals surface area contributed by atoms with Gasteiger partial charge in [-0.1, -0.05) is 46.3 Å². The molecule has 2 aliphatic heterocycles. The minimum Gasteiger partial charge on any atom is -0.394 e. The molecule has 0 aromatic carbocycles. The molecule has 7 aliphatic rings. The van der Waals surface area contributed by atoms with E-state index in [2.05, 4.69) is 33.8 Å². The molecule has 246 valence electrons. The molecule has 0 aromatic heterocycles. The fourth-order valence-corrected chi connectivity index (χ4v) is 12.0. The summed E-state index contributed by atoms with van der Waals surface area (Å²) in [6.45, 7) is 14.3. The van der Waals surface area contributed by atoms with Crippen molar-refractivity contribution in [1.29, 1.82) is 0 Å². The van der Waals surface area contributed by atoms with Crippen LogP contribution >= 0.6 is 0 Å². The lowest BCUT2D eigenvalue weighted by atomic mass is 9.44. The molecule has 2 heterocycles. The lowest BCUT2D eigenvalue weighted by Crippen LogP contribution is -2.58. The van der Waals surface area contributed by atoms with Gasteiger partial charge < -0.3 is 34.6 Å². The highest BCUT2D eigenvalue weighted by Crippen LogP contribution is 2.87. The topological polar surface area (TPSA) is 146 Å². The highest BCUT2D eigenvalue weighted by atomic mass is 16.7. The first-order valence-electron chi connectivity index (χ1n) is 16.8. The number of carbonyl (C=O) groups excluding carboxylic acids is 2. The molecular weight excluding hydrogens is 564 g/mol. The fourth-order valence-electron chi connectivity index (χ4n) is 12.0. The van der Waals surface area contributed by atoms with Crippen LogP contribution in [0.2, 0.25) is 0 Å². The first-order valence-corrected chi connectivity index (χ1v) is 16.8. The number of epoxide rings is 1. The second-order valence-electron chi connectivity index (χ2n) is 17.2. The number of Topliss-reactive ketones (excluding diaryl/α,β-unsaturated/α-hetero) is 2. The van der Waals surface area contributed by atoms with Crippen LogP contribution in [0.3, 0.4) is 0 Å². The largest absolute Gasteiger partial charge is 0.394 e. The van der Waals surface area contributed by atoms with E-state index in [1.807, 2.05) is 20.8 Å². The summed E-state index contributed by atoms with van der Waals surface area (Å²) in [5, 5.41) is 42.6. The maximum atomic E-state index is 13.9. The van der Waals surface area contributed by atoms with Crippen LogP contribution in [0.25, 0.3) is 0 Å². The summed E-state index contributed by atoms with van der Waals surface area (Å²) >= 11 is 0. The lowest BCUT2D eigenvalue weighted by Gasteiger charge is -2.61. The second kappa shape index (κ2) is 9.45. The van der Waals surface area contributed by atoms with Gasteiger partial charge >= 0.3 is 0 Å². The van der Waals surface area contributed by atoms with Gasteiger partial charge in [-0.2, -0.15) is 0 Å². The van der Waals surface area contributed by atoms with E-state index in [1.165, 1.54) is 5.57 Å². The van der Waals surface area contributed by atoms with Crippen LogP contribution in [-0.2, 0) is 23.8 Å². The van der Waals surface area contributed by atoms with Crippen LogP contribution in [0.15, 0.2) is 11.6 Å². The minimum atomic E-state index is -1.23. The predicted molar refractivity (Wildman–Crippen MR) is 159 cm³/mol. The third-order valence-electron chi connectivity index (χ3n) is 14.4. The molecule has 2 saturated heterocycles. The molecule has 9 nitrogen and oxygen atoms in total. The zero-order valence-corrected chi connectivity index (χ0v) is 27.3. The van der Waals surface area contributed by atoms with Gasteiger partial charge in [-0.05, 0) is 74.0 Å². The van der Waals surface area contributed by atoms with Crippen molar-refractivity contribution in [2.24, 2.45) is 44.8 Å². The molecule has 6 fully saturated rings. The number of rotatable bonds is 7. The van der Waals surface area contributed by atoms with Gasteiger partial charge in [0.1, 0.15) is 30.2 Å². The predicted octanol–water partition coefficient (Wildman–Crippen LogP) is 3.09. The summed E-state index contributed by atoms with van der Waals surface area (Å²) in [6.07, 6.45) is 1.45. The number of hydrogen-bond acceptors (Lipinski definition) is 9. The van der Waals surface area contributed by atoms with Gasteiger partial charge in [0, 0.05) is 29.6 Å². The summed E-state index contributed by atoms with van der Waals surface area (Å²) in [5.41, 5.74) is -0.758. The van der Waals surface area contributed by atoms with Gasteiger partial charge in [-0.25, -0.2) is 0 Å². The van der Waals surface area contributed by atoms with Crippen LogP contribution in [0.1, 0.15) is 93.4 Å². The van der Waals surface area contributed by atoms with E-state index in [9.17, 15) is 30.0 Å². The molecule has 5 aliphatic carbocycles. The third kappa shape index (κ3) is 3.78. The van der Waals surface area contributed by atoms with Crippen LogP contribution < -0.4 is 0 Å². The number of ketones is 2. The SMILES string of the molecule is C[C@H](CC(=O)[C@@H]1OC1(C)C)[C@H]1C(=O)C[C@@]2(C)C3=CCC4C(C)(C)[C@@H](OC5O[C@H](CO)[C@@H](O)[C@@H]5O)CC[C@@]45CC35[C@@H](O)C[C@]12C. The molecule has 0 aromatic rings. The van der Waals surface area contributed by atoms with Gasteiger partial charge in [0.05, 0.1) is 24.4 Å². The molecule has 44 heavy (non-hydrogen) atoms. The standard InChI is InChI=1S/C35H52O9/c1-17(12-18(37)28-31(4,5)44-28)25-19(38)13-32(6)22-9-8-21-30(2,3)24(43-29-27(41)26(40)20(15-36)42-29)10-11-34(21)16-35(22,34)23(39)14-33(25,32)7/h9,17,20-21,23-29,36,39-41H,8,10-16H2,1-7H3/t17-,20-,21?,23+,24+,25+,26-,27+,28+,29?,32+,33-,34-,35?/m1/s1. The Morgan fingerprint density at radius 3 is 2.41 bits per heavy atom. The van der Waals surface area contributed by atoms with Crippen LogP contribution in [0.5, 0.6) is 0 Å². The fraction of sp³-hybridized carbons (Fsp3) is 0.886. The smallest absolute Gasteiger partial charge is 0.186 e. The number of ether oxygens (including phenoxy) is 3. The third-order valence-corrected chi connectivity index (χ3v) is 14.4. The Hall–Kier alpha value is -1.20. The van der Waals surface area contributed by atoms with E-state index in [4.69, 9.17) is 14.2 Å². The maximum absolute atomic E-state index is 13.9. The summed E-state index contributed by atoms with van der Waals surface area (Å²) in [4.78, 5) is 27.0. The van der Waals surface area contributed by atoms with Crippen LogP contribution in [0.4, 0.5) is 0 Å². The molecular formula is C35H52O9. The van der Waals surface area contributed by atoms with E-state index in [-0.39, 0.29) is 57.1 Å². The highest BCUT2D eigenvalue weighted by molar-refractivity contribution is 5.90. The zero-order chi connectivity index (χ0) is 32.0. The van der Waals surface area contributed by atoms with Crippen molar-refractivity contribution >= 4 is 11.6 Å². The molecule has 2 spiro atoms. The Kier molecular flexibility index (Phi) is 6.75. The Bertz CT molecular complexity index is 1290. The highest BCUT2D eigenvalue weighted by Gasteiger charge is 2.84. The van der Waals surface area contributed by atoms with E-state index < -0.39 is 54.4 Å². The van der Waals surface area contributed by atoms with Gasteiger partial charge in [0.2, 0.25) is 0 Å². The van der Waals surface area contributed by atoms with Gasteiger partial charge in [0.15, 0.2) is 12.1 Å². The van der Waals surface area contributed by atoms with Crippen molar-refractivity contribution in [1.82, 2.24) is 0 Å². The minimum absolute atomic E-state index is 0.0688. The van der Waals surface area contributed by atoms with Gasteiger partial charge in [-0.3, -0.25) is 9.59 Å². The zero-order valence-electron chi connectivity index (χ0n) is 27.3. The summed E-state index contributed by atoms with van der Waals surface area (Å²) in [5.74, 6) is 0.0824. The Morgan fingerprint density at radius 1 is 1.11 bits per heavy atom. The molecule has 0 amide bonds. The molecule has 3 unspecified atom stereocenters. The normalized spacial score (nSPS) is 53.6. The number of carbonyl (C=O) groups is 2. The average molecular weight is 617 g/mol.